The highest BCUT2D eigenvalue weighted by Crippen LogP contribution is 2.17. The Morgan fingerprint density at radius 3 is 2.90 bits per heavy atom. The Morgan fingerprint density at radius 1 is 1.60 bits per heavy atom. The van der Waals surface area contributed by atoms with Crippen LogP contribution in [0.2, 0.25) is 0 Å². The van der Waals surface area contributed by atoms with E-state index < -0.39 is 0 Å². The van der Waals surface area contributed by atoms with Crippen molar-refractivity contribution in [2.45, 2.75) is 26.2 Å². The van der Waals surface area contributed by atoms with E-state index >= 15 is 0 Å². The average molecular weight is 155 g/mol. The third-order valence-corrected chi connectivity index (χ3v) is 2.47. The van der Waals surface area contributed by atoms with Gasteiger partial charge in [-0.2, -0.15) is 0 Å². The number of nitrogens with two attached hydrogens (primary N) is 1. The molecule has 0 atom stereocenters. The molecule has 1 nitrogen and oxygen atoms in total. The van der Waals surface area contributed by atoms with Crippen molar-refractivity contribution < 1.29 is 0 Å². The number of hydrogen-bond donors (Lipinski definition) is 1. The van der Waals surface area contributed by atoms with E-state index in [9.17, 15) is 0 Å². The number of unbranched alkanes of at least 4 members (excludes halogenated alkanes) is 1. The number of rotatable bonds is 3. The molecule has 0 bridgehead atoms. The molecular formula is C8H13NS. The zero-order valence-electron chi connectivity index (χ0n) is 6.26. The van der Waals surface area contributed by atoms with Crippen molar-refractivity contribution in [2.24, 2.45) is 0 Å². The van der Waals surface area contributed by atoms with Crippen molar-refractivity contribution in [3.8, 4) is 0 Å². The van der Waals surface area contributed by atoms with Gasteiger partial charge in [0, 0.05) is 15.9 Å². The molecule has 0 unspecified atom stereocenters. The van der Waals surface area contributed by atoms with Gasteiger partial charge in [0.05, 0.1) is 0 Å². The van der Waals surface area contributed by atoms with Crippen LogP contribution in [0.4, 0.5) is 5.69 Å². The van der Waals surface area contributed by atoms with Gasteiger partial charge in [0.2, 0.25) is 0 Å². The van der Waals surface area contributed by atoms with E-state index in [0.29, 0.717) is 0 Å². The molecular weight excluding hydrogens is 142 g/mol. The summed E-state index contributed by atoms with van der Waals surface area (Å²) >= 11 is 1.76. The molecule has 1 aromatic rings. The van der Waals surface area contributed by atoms with Gasteiger partial charge in [-0.3, -0.25) is 0 Å². The van der Waals surface area contributed by atoms with Crippen molar-refractivity contribution in [2.75, 3.05) is 5.73 Å². The summed E-state index contributed by atoms with van der Waals surface area (Å²) in [5.74, 6) is 0. The molecule has 1 heterocycles. The molecule has 0 aromatic carbocycles. The molecule has 1 aromatic heterocycles. The van der Waals surface area contributed by atoms with Crippen LogP contribution in [0.1, 0.15) is 24.6 Å². The lowest BCUT2D eigenvalue weighted by Crippen LogP contribution is -1.79. The molecule has 56 valence electrons. The van der Waals surface area contributed by atoms with Gasteiger partial charge in [-0.05, 0) is 18.9 Å². The Morgan fingerprint density at radius 2 is 2.40 bits per heavy atom. The van der Waals surface area contributed by atoms with Crippen LogP contribution in [-0.4, -0.2) is 0 Å². The molecule has 0 spiro atoms. The summed E-state index contributed by atoms with van der Waals surface area (Å²) in [5, 5.41) is 2.00. The molecule has 2 N–H and O–H groups in total. The molecule has 0 saturated carbocycles. The van der Waals surface area contributed by atoms with Crippen LogP contribution in [0, 0.1) is 0 Å². The molecule has 0 aliphatic heterocycles. The predicted octanol–water partition coefficient (Wildman–Crippen LogP) is 2.67. The largest absolute Gasteiger partial charge is 0.398 e. The molecule has 0 aliphatic carbocycles. The second-order valence-electron chi connectivity index (χ2n) is 2.45. The lowest BCUT2D eigenvalue weighted by atomic mass is 10.2. The van der Waals surface area contributed by atoms with E-state index in [1.807, 2.05) is 5.38 Å². The highest BCUT2D eigenvalue weighted by molar-refractivity contribution is 7.10. The van der Waals surface area contributed by atoms with Gasteiger partial charge >= 0.3 is 0 Å². The lowest BCUT2D eigenvalue weighted by Gasteiger charge is -1.90. The summed E-state index contributed by atoms with van der Waals surface area (Å²) in [6.45, 7) is 2.21. The number of hydrogen-bond acceptors (Lipinski definition) is 2. The van der Waals surface area contributed by atoms with E-state index in [1.165, 1.54) is 24.1 Å². The Bertz CT molecular complexity index is 193. The van der Waals surface area contributed by atoms with Gasteiger partial charge < -0.3 is 5.73 Å². The van der Waals surface area contributed by atoms with Gasteiger partial charge in [0.1, 0.15) is 0 Å². The zero-order chi connectivity index (χ0) is 7.40. The Hall–Kier alpha value is -0.500. The van der Waals surface area contributed by atoms with Crippen molar-refractivity contribution >= 4 is 17.0 Å². The highest BCUT2D eigenvalue weighted by Gasteiger charge is 1.94. The van der Waals surface area contributed by atoms with Gasteiger partial charge in [-0.15, -0.1) is 11.3 Å². The standard InChI is InChI=1S/C8H13NS/c1-2-3-4-8-5-7(9)6-10-8/h5-6H,2-4,9H2,1H3. The Balaban J connectivity index is 2.42. The molecule has 0 saturated heterocycles. The third-order valence-electron chi connectivity index (χ3n) is 1.45. The fourth-order valence-corrected chi connectivity index (χ4v) is 1.70. The van der Waals surface area contributed by atoms with Crippen molar-refractivity contribution in [3.63, 3.8) is 0 Å². The maximum absolute atomic E-state index is 5.56. The Kier molecular flexibility index (Phi) is 2.75. The van der Waals surface area contributed by atoms with Crippen LogP contribution < -0.4 is 5.73 Å². The first-order valence-electron chi connectivity index (χ1n) is 3.66. The second-order valence-corrected chi connectivity index (χ2v) is 3.45. The van der Waals surface area contributed by atoms with Crippen molar-refractivity contribution in [3.05, 3.63) is 16.3 Å². The summed E-state index contributed by atoms with van der Waals surface area (Å²) in [5.41, 5.74) is 6.47. The van der Waals surface area contributed by atoms with E-state index in [-0.39, 0.29) is 0 Å². The molecule has 0 fully saturated rings. The van der Waals surface area contributed by atoms with E-state index in [2.05, 4.69) is 13.0 Å². The lowest BCUT2D eigenvalue weighted by molar-refractivity contribution is 0.804. The minimum absolute atomic E-state index is 0.913. The quantitative estimate of drug-likeness (QED) is 0.713. The predicted molar refractivity (Wildman–Crippen MR) is 47.3 cm³/mol. The number of nitrogen functional groups attached to an aromatic ring is 1. The smallest absolute Gasteiger partial charge is 0.0425 e. The average Bonchev–Trinajstić information content (AvgIpc) is 2.31. The van der Waals surface area contributed by atoms with Crippen molar-refractivity contribution in [1.29, 1.82) is 0 Å². The third kappa shape index (κ3) is 2.03. The molecule has 0 radical (unpaired) electrons. The normalized spacial score (nSPS) is 10.1. The molecule has 10 heavy (non-hydrogen) atoms. The molecule has 0 aliphatic rings. The van der Waals surface area contributed by atoms with Crippen LogP contribution in [0.3, 0.4) is 0 Å². The summed E-state index contributed by atoms with van der Waals surface area (Å²) in [7, 11) is 0. The summed E-state index contributed by atoms with van der Waals surface area (Å²) in [6.07, 6.45) is 3.73. The number of aryl methyl sites for hydroxylation is 1. The summed E-state index contributed by atoms with van der Waals surface area (Å²) in [4.78, 5) is 1.42. The van der Waals surface area contributed by atoms with E-state index in [1.54, 1.807) is 11.3 Å². The first kappa shape index (κ1) is 7.61. The van der Waals surface area contributed by atoms with Crippen LogP contribution in [0.15, 0.2) is 11.4 Å². The minimum atomic E-state index is 0.913. The maximum atomic E-state index is 5.56. The second kappa shape index (κ2) is 3.62. The fraction of sp³-hybridized carbons (Fsp3) is 0.500. The van der Waals surface area contributed by atoms with Crippen LogP contribution in [0.5, 0.6) is 0 Å². The SMILES string of the molecule is CCCCc1cc(N)cs1. The van der Waals surface area contributed by atoms with Crippen LogP contribution in [0.25, 0.3) is 0 Å². The first-order chi connectivity index (χ1) is 4.83. The van der Waals surface area contributed by atoms with Gasteiger partial charge in [0.15, 0.2) is 0 Å². The monoisotopic (exact) mass is 155 g/mol. The first-order valence-corrected chi connectivity index (χ1v) is 4.53. The van der Waals surface area contributed by atoms with Gasteiger partial charge in [0.25, 0.3) is 0 Å². The van der Waals surface area contributed by atoms with Gasteiger partial charge in [-0.25, -0.2) is 0 Å². The summed E-state index contributed by atoms with van der Waals surface area (Å²) < 4.78 is 0. The minimum Gasteiger partial charge on any atom is -0.398 e. The fourth-order valence-electron chi connectivity index (χ4n) is 0.880. The van der Waals surface area contributed by atoms with E-state index in [4.69, 9.17) is 5.73 Å². The zero-order valence-corrected chi connectivity index (χ0v) is 7.08. The van der Waals surface area contributed by atoms with Gasteiger partial charge in [-0.1, -0.05) is 13.3 Å². The number of anilines is 1. The molecule has 1 rings (SSSR count). The maximum Gasteiger partial charge on any atom is 0.0425 e. The Labute approximate surface area is 65.9 Å². The van der Waals surface area contributed by atoms with Crippen LogP contribution in [-0.2, 0) is 6.42 Å². The molecule has 2 heteroatoms. The molecule has 0 amide bonds. The summed E-state index contributed by atoms with van der Waals surface area (Å²) in [6, 6.07) is 2.07. The van der Waals surface area contributed by atoms with Crippen molar-refractivity contribution in [1.82, 2.24) is 0 Å². The van der Waals surface area contributed by atoms with E-state index in [0.717, 1.165) is 5.69 Å². The number of thiophene rings is 1. The highest BCUT2D eigenvalue weighted by atomic mass is 32.1. The van der Waals surface area contributed by atoms with Crippen LogP contribution >= 0.6 is 11.3 Å². The topological polar surface area (TPSA) is 26.0 Å².